The van der Waals surface area contributed by atoms with Crippen molar-refractivity contribution in [3.8, 4) is 0 Å². The molecule has 1 aromatic rings. The summed E-state index contributed by atoms with van der Waals surface area (Å²) in [6.45, 7) is 0.600. The maximum absolute atomic E-state index is 13.1. The van der Waals surface area contributed by atoms with E-state index in [0.29, 0.717) is 13.0 Å². The summed E-state index contributed by atoms with van der Waals surface area (Å²) in [5.41, 5.74) is 0. The average Bonchev–Trinajstić information content (AvgIpc) is 2.28. The van der Waals surface area contributed by atoms with E-state index in [1.165, 1.54) is 0 Å². The fraction of sp³-hybridized carbons (Fsp3) is 0.500. The van der Waals surface area contributed by atoms with Crippen LogP contribution in [0.25, 0.3) is 0 Å². The summed E-state index contributed by atoms with van der Waals surface area (Å²) in [5.74, 6) is -0.396. The highest BCUT2D eigenvalue weighted by molar-refractivity contribution is 6.28. The molecule has 0 fully saturated rings. The van der Waals surface area contributed by atoms with Crippen LogP contribution in [0.1, 0.15) is 25.7 Å². The first-order chi connectivity index (χ1) is 7.74. The molecule has 88 valence electrons. The zero-order valence-corrected chi connectivity index (χ0v) is 9.50. The van der Waals surface area contributed by atoms with E-state index in [-0.39, 0.29) is 11.1 Å². The van der Waals surface area contributed by atoms with E-state index >= 15 is 0 Å². The quantitative estimate of drug-likeness (QED) is 0.455. The number of anilines is 1. The van der Waals surface area contributed by atoms with Crippen LogP contribution in [0.4, 0.5) is 10.2 Å². The third kappa shape index (κ3) is 4.53. The number of carbonyl (C=O) groups excluding carboxylic acids is 1. The fourth-order valence-corrected chi connectivity index (χ4v) is 1.34. The molecule has 0 aromatic carbocycles. The Hall–Kier alpha value is -1.23. The Morgan fingerprint density at radius 1 is 1.44 bits per heavy atom. The Balaban J connectivity index is 2.26. The lowest BCUT2D eigenvalue weighted by atomic mass is 10.2. The normalized spacial score (nSPS) is 10.1. The second-order valence-electron chi connectivity index (χ2n) is 3.28. The molecule has 0 unspecified atom stereocenters. The van der Waals surface area contributed by atoms with Gasteiger partial charge in [-0.25, -0.2) is 9.37 Å². The van der Waals surface area contributed by atoms with Crippen molar-refractivity contribution in [2.75, 3.05) is 11.9 Å². The van der Waals surface area contributed by atoms with Gasteiger partial charge in [0.2, 0.25) is 5.28 Å². The average molecular weight is 246 g/mol. The van der Waals surface area contributed by atoms with Gasteiger partial charge in [0.05, 0.1) is 6.20 Å². The van der Waals surface area contributed by atoms with Gasteiger partial charge in [-0.3, -0.25) is 0 Å². The second kappa shape index (κ2) is 7.11. The van der Waals surface area contributed by atoms with Crippen molar-refractivity contribution in [1.29, 1.82) is 0 Å². The van der Waals surface area contributed by atoms with Crippen molar-refractivity contribution in [3.63, 3.8) is 0 Å². The minimum atomic E-state index is -0.516. The number of rotatable bonds is 7. The molecule has 1 rings (SSSR count). The van der Waals surface area contributed by atoms with E-state index in [0.717, 1.165) is 31.7 Å². The standard InChI is InChI=1S/C10H13ClFN3O/c11-10-14-7-8(12)9(15-10)13-5-3-1-2-4-6-16/h6-7H,1-5H2,(H,13,14,15). The Bertz CT molecular complexity index is 349. The van der Waals surface area contributed by atoms with Gasteiger partial charge in [0.15, 0.2) is 11.6 Å². The highest BCUT2D eigenvalue weighted by atomic mass is 35.5. The van der Waals surface area contributed by atoms with Gasteiger partial charge >= 0.3 is 0 Å². The lowest BCUT2D eigenvalue weighted by Gasteiger charge is -2.05. The lowest BCUT2D eigenvalue weighted by Crippen LogP contribution is -2.06. The fourth-order valence-electron chi connectivity index (χ4n) is 1.21. The molecule has 0 atom stereocenters. The minimum absolute atomic E-state index is 0.0184. The van der Waals surface area contributed by atoms with Crippen molar-refractivity contribution < 1.29 is 9.18 Å². The van der Waals surface area contributed by atoms with E-state index in [1.54, 1.807) is 0 Å². The van der Waals surface area contributed by atoms with Crippen molar-refractivity contribution in [2.24, 2.45) is 0 Å². The second-order valence-corrected chi connectivity index (χ2v) is 3.62. The number of nitrogens with one attached hydrogen (secondary N) is 1. The molecule has 1 heterocycles. The highest BCUT2D eigenvalue weighted by Gasteiger charge is 2.04. The van der Waals surface area contributed by atoms with Crippen LogP contribution in [0.5, 0.6) is 0 Å². The number of aldehydes is 1. The molecule has 0 aliphatic rings. The monoisotopic (exact) mass is 245 g/mol. The molecule has 16 heavy (non-hydrogen) atoms. The molecule has 0 spiro atoms. The summed E-state index contributed by atoms with van der Waals surface area (Å²) >= 11 is 5.53. The zero-order chi connectivity index (χ0) is 11.8. The molecule has 0 saturated carbocycles. The van der Waals surface area contributed by atoms with Crippen molar-refractivity contribution in [2.45, 2.75) is 25.7 Å². The van der Waals surface area contributed by atoms with Crippen molar-refractivity contribution >= 4 is 23.7 Å². The van der Waals surface area contributed by atoms with Crippen molar-refractivity contribution in [1.82, 2.24) is 9.97 Å². The Morgan fingerprint density at radius 3 is 3.00 bits per heavy atom. The number of carbonyl (C=O) groups is 1. The predicted octanol–water partition coefficient (Wildman–Crippen LogP) is 2.44. The number of nitrogens with zero attached hydrogens (tertiary/aromatic N) is 2. The molecule has 0 saturated heterocycles. The lowest BCUT2D eigenvalue weighted by molar-refractivity contribution is -0.107. The van der Waals surface area contributed by atoms with E-state index in [1.807, 2.05) is 0 Å². The van der Waals surface area contributed by atoms with Crippen LogP contribution in [0, 0.1) is 5.82 Å². The van der Waals surface area contributed by atoms with Crippen LogP contribution in [-0.4, -0.2) is 22.8 Å². The highest BCUT2D eigenvalue weighted by Crippen LogP contribution is 2.12. The molecular formula is C10H13ClFN3O. The maximum atomic E-state index is 13.1. The topological polar surface area (TPSA) is 54.9 Å². The molecule has 0 bridgehead atoms. The molecule has 0 radical (unpaired) electrons. The first-order valence-electron chi connectivity index (χ1n) is 5.09. The van der Waals surface area contributed by atoms with Gasteiger partial charge in [-0.15, -0.1) is 0 Å². The molecule has 0 amide bonds. The zero-order valence-electron chi connectivity index (χ0n) is 8.75. The van der Waals surface area contributed by atoms with E-state index in [9.17, 15) is 9.18 Å². The first kappa shape index (κ1) is 12.8. The van der Waals surface area contributed by atoms with E-state index < -0.39 is 5.82 Å². The number of hydrogen-bond donors (Lipinski definition) is 1. The van der Waals surface area contributed by atoms with Gasteiger partial charge in [0, 0.05) is 13.0 Å². The van der Waals surface area contributed by atoms with Crippen LogP contribution in [0.15, 0.2) is 6.20 Å². The number of aromatic nitrogens is 2. The Kier molecular flexibility index (Phi) is 5.71. The summed E-state index contributed by atoms with van der Waals surface area (Å²) in [6, 6.07) is 0. The van der Waals surface area contributed by atoms with Crippen LogP contribution < -0.4 is 5.32 Å². The van der Waals surface area contributed by atoms with Crippen LogP contribution in [-0.2, 0) is 4.79 Å². The molecule has 0 aliphatic carbocycles. The third-order valence-electron chi connectivity index (χ3n) is 2.01. The predicted molar refractivity (Wildman–Crippen MR) is 60.0 cm³/mol. The van der Waals surface area contributed by atoms with Crippen LogP contribution in [0.2, 0.25) is 5.28 Å². The molecule has 4 nitrogen and oxygen atoms in total. The summed E-state index contributed by atoms with van der Waals surface area (Å²) in [4.78, 5) is 17.3. The number of unbranched alkanes of at least 4 members (excludes halogenated alkanes) is 3. The molecule has 6 heteroatoms. The molecular weight excluding hydrogens is 233 g/mol. The van der Waals surface area contributed by atoms with Gasteiger partial charge < -0.3 is 10.1 Å². The molecule has 1 aromatic heterocycles. The largest absolute Gasteiger partial charge is 0.367 e. The Labute approximate surface area is 98.2 Å². The minimum Gasteiger partial charge on any atom is -0.367 e. The van der Waals surface area contributed by atoms with Gasteiger partial charge in [-0.1, -0.05) is 6.42 Å². The number of hydrogen-bond acceptors (Lipinski definition) is 4. The summed E-state index contributed by atoms with van der Waals surface area (Å²) in [5, 5.41) is 2.85. The molecule has 0 aliphatic heterocycles. The smallest absolute Gasteiger partial charge is 0.224 e. The van der Waals surface area contributed by atoms with Crippen LogP contribution >= 0.6 is 11.6 Å². The third-order valence-corrected chi connectivity index (χ3v) is 2.19. The Morgan fingerprint density at radius 2 is 2.25 bits per heavy atom. The van der Waals surface area contributed by atoms with E-state index in [4.69, 9.17) is 11.6 Å². The maximum Gasteiger partial charge on any atom is 0.224 e. The summed E-state index contributed by atoms with van der Waals surface area (Å²) in [7, 11) is 0. The first-order valence-corrected chi connectivity index (χ1v) is 5.47. The van der Waals surface area contributed by atoms with Crippen LogP contribution in [0.3, 0.4) is 0 Å². The summed E-state index contributed by atoms with van der Waals surface area (Å²) < 4.78 is 13.1. The number of halogens is 2. The van der Waals surface area contributed by atoms with E-state index in [2.05, 4.69) is 15.3 Å². The molecule has 1 N–H and O–H groups in total. The van der Waals surface area contributed by atoms with Crippen molar-refractivity contribution in [3.05, 3.63) is 17.3 Å². The van der Waals surface area contributed by atoms with Gasteiger partial charge in [-0.05, 0) is 24.4 Å². The van der Waals surface area contributed by atoms with Gasteiger partial charge in [0.25, 0.3) is 0 Å². The van der Waals surface area contributed by atoms with Gasteiger partial charge in [0.1, 0.15) is 6.29 Å². The SMILES string of the molecule is O=CCCCCCNc1nc(Cl)ncc1F. The summed E-state index contributed by atoms with van der Waals surface area (Å²) in [6.07, 6.45) is 5.15. The van der Waals surface area contributed by atoms with Gasteiger partial charge in [-0.2, -0.15) is 4.98 Å².